The summed E-state index contributed by atoms with van der Waals surface area (Å²) in [5, 5.41) is 2.63. The molecule has 11 heteroatoms. The Morgan fingerprint density at radius 3 is 2.16 bits per heavy atom. The fraction of sp³-hybridized carbons (Fsp3) is 0.308. The van der Waals surface area contributed by atoms with Gasteiger partial charge in [-0.2, -0.15) is 26.3 Å². The van der Waals surface area contributed by atoms with Crippen LogP contribution in [0.5, 0.6) is 11.6 Å². The summed E-state index contributed by atoms with van der Waals surface area (Å²) in [5.74, 6) is 0.810. The molecule has 0 saturated carbocycles. The van der Waals surface area contributed by atoms with E-state index in [1.807, 2.05) is 12.1 Å². The third kappa shape index (κ3) is 7.14. The lowest BCUT2D eigenvalue weighted by atomic mass is 9.90. The van der Waals surface area contributed by atoms with Gasteiger partial charge in [0.15, 0.2) is 0 Å². The number of aromatic nitrogens is 1. The second-order valence-electron chi connectivity index (χ2n) is 8.77. The quantitative estimate of drug-likeness (QED) is 0.355. The van der Waals surface area contributed by atoms with Crippen LogP contribution in [0.2, 0.25) is 0 Å². The number of likely N-dealkylation sites (tertiary alicyclic amines) is 1. The molecule has 0 unspecified atom stereocenters. The van der Waals surface area contributed by atoms with Crippen LogP contribution in [0, 0.1) is 5.92 Å². The van der Waals surface area contributed by atoms with Crippen molar-refractivity contribution in [2.24, 2.45) is 5.92 Å². The van der Waals surface area contributed by atoms with Crippen LogP contribution in [0.4, 0.5) is 36.8 Å². The van der Waals surface area contributed by atoms with E-state index in [-0.39, 0.29) is 11.9 Å². The summed E-state index contributed by atoms with van der Waals surface area (Å²) in [6.45, 7) is 1.01. The summed E-state index contributed by atoms with van der Waals surface area (Å²) < 4.78 is 81.8. The van der Waals surface area contributed by atoms with Crippen LogP contribution < -0.4 is 10.1 Å². The van der Waals surface area contributed by atoms with Crippen molar-refractivity contribution in [1.82, 2.24) is 9.88 Å². The average molecular weight is 523 g/mol. The second kappa shape index (κ2) is 10.7. The highest BCUT2D eigenvalue weighted by atomic mass is 19.4. The molecule has 2 heterocycles. The van der Waals surface area contributed by atoms with Gasteiger partial charge in [-0.3, -0.25) is 0 Å². The SMILES string of the molecule is O=C(Nc1ccc(C(F)(F)F)cc1)N1CCC(Cc2cccc(Oc3ccc(C(F)(F)F)cn3)c2)CC1. The molecule has 0 atom stereocenters. The van der Waals surface area contributed by atoms with Crippen molar-refractivity contribution < 1.29 is 35.9 Å². The van der Waals surface area contributed by atoms with Crippen LogP contribution in [-0.2, 0) is 18.8 Å². The van der Waals surface area contributed by atoms with Crippen molar-refractivity contribution in [1.29, 1.82) is 0 Å². The van der Waals surface area contributed by atoms with E-state index in [1.165, 1.54) is 18.2 Å². The van der Waals surface area contributed by atoms with Crippen LogP contribution in [0.15, 0.2) is 66.9 Å². The van der Waals surface area contributed by atoms with Crippen molar-refractivity contribution in [2.75, 3.05) is 18.4 Å². The number of alkyl halides is 6. The lowest BCUT2D eigenvalue weighted by molar-refractivity contribution is -0.138. The number of hydrogen-bond donors (Lipinski definition) is 1. The van der Waals surface area contributed by atoms with Crippen LogP contribution in [0.1, 0.15) is 29.5 Å². The zero-order valence-corrected chi connectivity index (χ0v) is 19.4. The molecule has 1 aliphatic rings. The Labute approximate surface area is 209 Å². The number of halogens is 6. The minimum Gasteiger partial charge on any atom is -0.439 e. The lowest BCUT2D eigenvalue weighted by Gasteiger charge is -2.32. The van der Waals surface area contributed by atoms with Gasteiger partial charge < -0.3 is 15.0 Å². The molecule has 1 aliphatic heterocycles. The molecule has 0 radical (unpaired) electrons. The number of nitrogens with zero attached hydrogens (tertiary/aromatic N) is 2. The van der Waals surface area contributed by atoms with E-state index in [0.29, 0.717) is 30.4 Å². The van der Waals surface area contributed by atoms with Crippen molar-refractivity contribution in [3.8, 4) is 11.6 Å². The molecule has 1 N–H and O–H groups in total. The number of piperidine rings is 1. The molecule has 2 amide bonds. The van der Waals surface area contributed by atoms with Gasteiger partial charge in [0.25, 0.3) is 0 Å². The van der Waals surface area contributed by atoms with Gasteiger partial charge in [0.1, 0.15) is 5.75 Å². The van der Waals surface area contributed by atoms with Gasteiger partial charge in [-0.25, -0.2) is 9.78 Å². The van der Waals surface area contributed by atoms with E-state index in [1.54, 1.807) is 17.0 Å². The molecule has 196 valence electrons. The fourth-order valence-corrected chi connectivity index (χ4v) is 4.08. The largest absolute Gasteiger partial charge is 0.439 e. The van der Waals surface area contributed by atoms with E-state index < -0.39 is 23.5 Å². The number of ether oxygens (including phenoxy) is 1. The Bertz CT molecular complexity index is 1200. The number of carbonyl (C=O) groups excluding carboxylic acids is 1. The number of pyridine rings is 1. The Hall–Kier alpha value is -3.76. The standard InChI is InChI=1S/C26H23F6N3O2/c27-25(28,29)19-4-7-21(8-5-19)34-24(36)35-12-10-17(11-13-35)14-18-2-1-3-22(15-18)37-23-9-6-20(16-33-23)26(30,31)32/h1-9,15-17H,10-14H2,(H,34,36). The zero-order valence-electron chi connectivity index (χ0n) is 19.4. The van der Waals surface area contributed by atoms with Crippen LogP contribution in [0.3, 0.4) is 0 Å². The van der Waals surface area contributed by atoms with E-state index in [9.17, 15) is 31.1 Å². The molecule has 0 aliphatic carbocycles. The summed E-state index contributed by atoms with van der Waals surface area (Å²) in [6.07, 6.45) is -5.97. The van der Waals surface area contributed by atoms with Gasteiger partial charge in [0.2, 0.25) is 5.88 Å². The van der Waals surface area contributed by atoms with Crippen molar-refractivity contribution in [3.63, 3.8) is 0 Å². The maximum Gasteiger partial charge on any atom is 0.417 e. The predicted molar refractivity (Wildman–Crippen MR) is 124 cm³/mol. The molecule has 4 rings (SSSR count). The van der Waals surface area contributed by atoms with Crippen LogP contribution in [0.25, 0.3) is 0 Å². The van der Waals surface area contributed by atoms with E-state index in [2.05, 4.69) is 10.3 Å². The van der Waals surface area contributed by atoms with Crippen molar-refractivity contribution >= 4 is 11.7 Å². The highest BCUT2D eigenvalue weighted by molar-refractivity contribution is 5.89. The van der Waals surface area contributed by atoms with Gasteiger partial charge in [-0.1, -0.05) is 12.1 Å². The smallest absolute Gasteiger partial charge is 0.417 e. The van der Waals surface area contributed by atoms with Gasteiger partial charge >= 0.3 is 18.4 Å². The van der Waals surface area contributed by atoms with Gasteiger partial charge in [0, 0.05) is 31.0 Å². The molecular weight excluding hydrogens is 500 g/mol. The summed E-state index contributed by atoms with van der Waals surface area (Å²) in [7, 11) is 0. The van der Waals surface area contributed by atoms with E-state index in [0.717, 1.165) is 49.2 Å². The summed E-state index contributed by atoms with van der Waals surface area (Å²) in [4.78, 5) is 17.9. The molecule has 2 aromatic carbocycles. The molecule has 5 nitrogen and oxygen atoms in total. The predicted octanol–water partition coefficient (Wildman–Crippen LogP) is 7.40. The number of benzene rings is 2. The Morgan fingerprint density at radius 1 is 0.919 bits per heavy atom. The molecule has 1 saturated heterocycles. The number of carbonyl (C=O) groups is 1. The van der Waals surface area contributed by atoms with Gasteiger partial charge in [-0.05, 0) is 73.2 Å². The van der Waals surface area contributed by atoms with Crippen LogP contribution in [-0.4, -0.2) is 29.0 Å². The maximum absolute atomic E-state index is 12.7. The lowest BCUT2D eigenvalue weighted by Crippen LogP contribution is -2.41. The topological polar surface area (TPSA) is 54.5 Å². The van der Waals surface area contributed by atoms with Crippen molar-refractivity contribution in [3.05, 3.63) is 83.6 Å². The van der Waals surface area contributed by atoms with Crippen molar-refractivity contribution in [2.45, 2.75) is 31.6 Å². The van der Waals surface area contributed by atoms with E-state index >= 15 is 0 Å². The van der Waals surface area contributed by atoms with Gasteiger partial charge in [0.05, 0.1) is 11.1 Å². The third-order valence-electron chi connectivity index (χ3n) is 6.07. The summed E-state index contributed by atoms with van der Waals surface area (Å²) >= 11 is 0. The highest BCUT2D eigenvalue weighted by Crippen LogP contribution is 2.31. The third-order valence-corrected chi connectivity index (χ3v) is 6.07. The monoisotopic (exact) mass is 523 g/mol. The minimum atomic E-state index is -4.47. The van der Waals surface area contributed by atoms with E-state index in [4.69, 9.17) is 4.74 Å². The second-order valence-corrected chi connectivity index (χ2v) is 8.77. The summed E-state index contributed by atoms with van der Waals surface area (Å²) in [6, 6.07) is 13.2. The number of anilines is 1. The fourth-order valence-electron chi connectivity index (χ4n) is 4.08. The first-order chi connectivity index (χ1) is 17.5. The molecule has 3 aromatic rings. The number of amides is 2. The highest BCUT2D eigenvalue weighted by Gasteiger charge is 2.31. The molecule has 0 bridgehead atoms. The Kier molecular flexibility index (Phi) is 7.60. The first-order valence-corrected chi connectivity index (χ1v) is 11.5. The summed E-state index contributed by atoms with van der Waals surface area (Å²) in [5.41, 5.74) is -0.360. The number of urea groups is 1. The molecule has 0 spiro atoms. The minimum absolute atomic E-state index is 0.0533. The molecule has 1 fully saturated rings. The molecular formula is C26H23F6N3O2. The molecule has 37 heavy (non-hydrogen) atoms. The number of rotatable bonds is 5. The maximum atomic E-state index is 12.7. The zero-order chi connectivity index (χ0) is 26.6. The first kappa shape index (κ1) is 26.3. The Balaban J connectivity index is 1.27. The first-order valence-electron chi connectivity index (χ1n) is 11.5. The number of hydrogen-bond acceptors (Lipinski definition) is 3. The number of nitrogens with one attached hydrogen (secondary N) is 1. The van der Waals surface area contributed by atoms with Crippen LogP contribution >= 0.6 is 0 Å². The Morgan fingerprint density at radius 2 is 1.57 bits per heavy atom. The average Bonchev–Trinajstić information content (AvgIpc) is 2.84. The van der Waals surface area contributed by atoms with Gasteiger partial charge in [-0.15, -0.1) is 0 Å². The molecule has 1 aromatic heterocycles. The normalized spacial score (nSPS) is 14.9.